The van der Waals surface area contributed by atoms with E-state index in [9.17, 15) is 4.79 Å². The Kier molecular flexibility index (Phi) is 2.40. The molecular formula is C13H16O. The lowest BCUT2D eigenvalue weighted by Gasteiger charge is -2.22. The van der Waals surface area contributed by atoms with Crippen molar-refractivity contribution >= 4 is 5.78 Å². The minimum absolute atomic E-state index is 0.172. The van der Waals surface area contributed by atoms with Gasteiger partial charge in [-0.3, -0.25) is 4.79 Å². The number of aryl methyl sites for hydroxylation is 1. The molecule has 1 aliphatic carbocycles. The summed E-state index contributed by atoms with van der Waals surface area (Å²) in [5, 5.41) is 0. The predicted octanol–water partition coefficient (Wildman–Crippen LogP) is 3.33. The van der Waals surface area contributed by atoms with Crippen LogP contribution in [0.15, 0.2) is 18.2 Å². The molecule has 0 unspecified atom stereocenters. The maximum Gasteiger partial charge on any atom is 0.159 e. The van der Waals surface area contributed by atoms with Gasteiger partial charge in [0.1, 0.15) is 0 Å². The third kappa shape index (κ3) is 1.59. The molecule has 1 aromatic carbocycles. The number of carbonyl (C=O) groups is 1. The van der Waals surface area contributed by atoms with Gasteiger partial charge in [-0.25, -0.2) is 0 Å². The van der Waals surface area contributed by atoms with Crippen molar-refractivity contribution in [3.63, 3.8) is 0 Å². The summed E-state index contributed by atoms with van der Waals surface area (Å²) in [4.78, 5) is 11.2. The molecular weight excluding hydrogens is 172 g/mol. The SMILES string of the molecule is CC(=O)c1ccc2c(c1)[C@@H](C)CCC2. The lowest BCUT2D eigenvalue weighted by atomic mass is 9.83. The van der Waals surface area contributed by atoms with Crippen LogP contribution in [0.5, 0.6) is 0 Å². The number of rotatable bonds is 1. The maximum atomic E-state index is 11.2. The molecule has 0 radical (unpaired) electrons. The van der Waals surface area contributed by atoms with Gasteiger partial charge in [0, 0.05) is 5.56 Å². The van der Waals surface area contributed by atoms with Crippen molar-refractivity contribution in [3.05, 3.63) is 34.9 Å². The van der Waals surface area contributed by atoms with Crippen LogP contribution >= 0.6 is 0 Å². The summed E-state index contributed by atoms with van der Waals surface area (Å²) >= 11 is 0. The Bertz CT molecular complexity index is 365. The van der Waals surface area contributed by atoms with E-state index >= 15 is 0 Å². The summed E-state index contributed by atoms with van der Waals surface area (Å²) in [6.45, 7) is 3.89. The van der Waals surface area contributed by atoms with Crippen molar-refractivity contribution < 1.29 is 4.79 Å². The number of carbonyl (C=O) groups excluding carboxylic acids is 1. The van der Waals surface area contributed by atoms with E-state index in [-0.39, 0.29) is 5.78 Å². The first-order valence-corrected chi connectivity index (χ1v) is 5.32. The molecule has 0 amide bonds. The van der Waals surface area contributed by atoms with Crippen molar-refractivity contribution in [1.82, 2.24) is 0 Å². The summed E-state index contributed by atoms with van der Waals surface area (Å²) in [7, 11) is 0. The standard InChI is InChI=1S/C13H16O/c1-9-4-3-5-11-6-7-12(10(2)14)8-13(9)11/h6-9H,3-5H2,1-2H3/t9-/m0/s1. The second kappa shape index (κ2) is 3.56. The van der Waals surface area contributed by atoms with E-state index in [2.05, 4.69) is 19.1 Å². The summed E-state index contributed by atoms with van der Waals surface area (Å²) in [5.74, 6) is 0.795. The average molecular weight is 188 g/mol. The maximum absolute atomic E-state index is 11.2. The number of ketones is 1. The molecule has 14 heavy (non-hydrogen) atoms. The first-order valence-electron chi connectivity index (χ1n) is 5.32. The van der Waals surface area contributed by atoms with Gasteiger partial charge in [0.2, 0.25) is 0 Å². The highest BCUT2D eigenvalue weighted by Crippen LogP contribution is 2.31. The minimum Gasteiger partial charge on any atom is -0.295 e. The summed E-state index contributed by atoms with van der Waals surface area (Å²) in [6.07, 6.45) is 3.72. The monoisotopic (exact) mass is 188 g/mol. The lowest BCUT2D eigenvalue weighted by Crippen LogP contribution is -2.08. The van der Waals surface area contributed by atoms with Gasteiger partial charge in [0.15, 0.2) is 5.78 Å². The van der Waals surface area contributed by atoms with Crippen LogP contribution in [0.1, 0.15) is 54.1 Å². The lowest BCUT2D eigenvalue weighted by molar-refractivity contribution is 0.101. The van der Waals surface area contributed by atoms with Gasteiger partial charge < -0.3 is 0 Å². The van der Waals surface area contributed by atoms with Crippen LogP contribution in [0.3, 0.4) is 0 Å². The topological polar surface area (TPSA) is 17.1 Å². The van der Waals surface area contributed by atoms with Gasteiger partial charge >= 0.3 is 0 Å². The fourth-order valence-electron chi connectivity index (χ4n) is 2.25. The molecule has 1 heteroatoms. The largest absolute Gasteiger partial charge is 0.295 e. The quantitative estimate of drug-likeness (QED) is 0.618. The van der Waals surface area contributed by atoms with Crippen molar-refractivity contribution in [2.75, 3.05) is 0 Å². The fourth-order valence-corrected chi connectivity index (χ4v) is 2.25. The molecule has 0 bridgehead atoms. The van der Waals surface area contributed by atoms with Gasteiger partial charge in [-0.2, -0.15) is 0 Å². The zero-order chi connectivity index (χ0) is 10.1. The Hall–Kier alpha value is -1.11. The van der Waals surface area contributed by atoms with E-state index in [1.165, 1.54) is 30.4 Å². The molecule has 74 valence electrons. The smallest absolute Gasteiger partial charge is 0.159 e. The third-order valence-corrected chi connectivity index (χ3v) is 3.17. The molecule has 1 atom stereocenters. The van der Waals surface area contributed by atoms with E-state index in [4.69, 9.17) is 0 Å². The van der Waals surface area contributed by atoms with Crippen LogP contribution < -0.4 is 0 Å². The molecule has 1 aliphatic rings. The Morgan fingerprint density at radius 1 is 1.43 bits per heavy atom. The van der Waals surface area contributed by atoms with E-state index in [1.54, 1.807) is 6.92 Å². The number of fused-ring (bicyclic) bond motifs is 1. The van der Waals surface area contributed by atoms with Crippen LogP contribution in [-0.4, -0.2) is 5.78 Å². The Balaban J connectivity index is 2.45. The summed E-state index contributed by atoms with van der Waals surface area (Å²) in [5.41, 5.74) is 3.69. The highest BCUT2D eigenvalue weighted by atomic mass is 16.1. The first kappa shape index (κ1) is 9.45. The number of benzene rings is 1. The van der Waals surface area contributed by atoms with E-state index in [1.807, 2.05) is 6.07 Å². The minimum atomic E-state index is 0.172. The van der Waals surface area contributed by atoms with Crippen LogP contribution in [0.2, 0.25) is 0 Å². The van der Waals surface area contributed by atoms with Gasteiger partial charge in [0.05, 0.1) is 0 Å². The normalized spacial score (nSPS) is 20.3. The third-order valence-electron chi connectivity index (χ3n) is 3.17. The molecule has 0 saturated carbocycles. The number of hydrogen-bond donors (Lipinski definition) is 0. The van der Waals surface area contributed by atoms with Crippen LogP contribution in [0, 0.1) is 0 Å². The molecule has 2 rings (SSSR count). The Labute approximate surface area is 85.1 Å². The highest BCUT2D eigenvalue weighted by molar-refractivity contribution is 5.94. The molecule has 0 fully saturated rings. The molecule has 0 aromatic heterocycles. The van der Waals surface area contributed by atoms with Gasteiger partial charge in [-0.05, 0) is 49.3 Å². The van der Waals surface area contributed by atoms with Crippen LogP contribution in [0.25, 0.3) is 0 Å². The van der Waals surface area contributed by atoms with Crippen molar-refractivity contribution in [2.24, 2.45) is 0 Å². The second-order valence-corrected chi connectivity index (χ2v) is 4.26. The summed E-state index contributed by atoms with van der Waals surface area (Å²) in [6, 6.07) is 6.17. The van der Waals surface area contributed by atoms with Gasteiger partial charge in [0.25, 0.3) is 0 Å². The molecule has 0 saturated heterocycles. The van der Waals surface area contributed by atoms with E-state index in [0.29, 0.717) is 5.92 Å². The first-order chi connectivity index (χ1) is 6.68. The molecule has 0 spiro atoms. The van der Waals surface area contributed by atoms with Gasteiger partial charge in [-0.1, -0.05) is 19.1 Å². The van der Waals surface area contributed by atoms with Crippen molar-refractivity contribution in [3.8, 4) is 0 Å². The molecule has 1 nitrogen and oxygen atoms in total. The average Bonchev–Trinajstić information content (AvgIpc) is 2.18. The number of Topliss-reactive ketones (excluding diaryl/α,β-unsaturated/α-hetero) is 1. The van der Waals surface area contributed by atoms with Crippen molar-refractivity contribution in [2.45, 2.75) is 39.0 Å². The van der Waals surface area contributed by atoms with Crippen molar-refractivity contribution in [1.29, 1.82) is 0 Å². The zero-order valence-corrected chi connectivity index (χ0v) is 8.84. The molecule has 0 heterocycles. The Morgan fingerprint density at radius 2 is 2.21 bits per heavy atom. The summed E-state index contributed by atoms with van der Waals surface area (Å²) < 4.78 is 0. The van der Waals surface area contributed by atoms with Crippen LogP contribution in [0.4, 0.5) is 0 Å². The van der Waals surface area contributed by atoms with Gasteiger partial charge in [-0.15, -0.1) is 0 Å². The van der Waals surface area contributed by atoms with Crippen LogP contribution in [-0.2, 0) is 6.42 Å². The van der Waals surface area contributed by atoms with E-state index < -0.39 is 0 Å². The highest BCUT2D eigenvalue weighted by Gasteiger charge is 2.16. The molecule has 0 aliphatic heterocycles. The molecule has 0 N–H and O–H groups in total. The second-order valence-electron chi connectivity index (χ2n) is 4.26. The zero-order valence-electron chi connectivity index (χ0n) is 8.84. The Morgan fingerprint density at radius 3 is 2.93 bits per heavy atom. The fraction of sp³-hybridized carbons (Fsp3) is 0.462. The molecule has 1 aromatic rings. The number of hydrogen-bond acceptors (Lipinski definition) is 1. The predicted molar refractivity (Wildman–Crippen MR) is 57.8 cm³/mol. The van der Waals surface area contributed by atoms with E-state index in [0.717, 1.165) is 5.56 Å².